The molecule has 0 aromatic carbocycles. The lowest BCUT2D eigenvalue weighted by atomic mass is 10.0. The first-order chi connectivity index (χ1) is 7.56. The number of ketones is 1. The third-order valence-corrected chi connectivity index (χ3v) is 2.48. The molecular weight excluding hydrogens is 214 g/mol. The minimum Gasteiger partial charge on any atom is -0.465 e. The van der Waals surface area contributed by atoms with E-state index in [1.54, 1.807) is 6.92 Å². The van der Waals surface area contributed by atoms with E-state index < -0.39 is 18.0 Å². The lowest BCUT2D eigenvalue weighted by Gasteiger charge is -2.19. The second-order valence-electron chi connectivity index (χ2n) is 3.60. The summed E-state index contributed by atoms with van der Waals surface area (Å²) < 4.78 is 4.76. The first-order valence-corrected chi connectivity index (χ1v) is 5.23. The molecule has 1 heterocycles. The Morgan fingerprint density at radius 1 is 1.56 bits per heavy atom. The van der Waals surface area contributed by atoms with E-state index in [1.165, 1.54) is 0 Å². The van der Waals surface area contributed by atoms with Crippen molar-refractivity contribution in [3.05, 3.63) is 0 Å². The van der Waals surface area contributed by atoms with E-state index in [9.17, 15) is 14.4 Å². The third-order valence-electron chi connectivity index (χ3n) is 2.48. The van der Waals surface area contributed by atoms with Gasteiger partial charge < -0.3 is 14.7 Å². The molecule has 1 aliphatic heterocycles. The van der Waals surface area contributed by atoms with Crippen LogP contribution in [0.5, 0.6) is 0 Å². The van der Waals surface area contributed by atoms with Crippen molar-refractivity contribution in [2.45, 2.75) is 19.8 Å². The van der Waals surface area contributed by atoms with Gasteiger partial charge in [0.15, 0.2) is 0 Å². The zero-order valence-corrected chi connectivity index (χ0v) is 9.14. The quantitative estimate of drug-likeness (QED) is 0.551. The zero-order valence-electron chi connectivity index (χ0n) is 9.14. The van der Waals surface area contributed by atoms with Gasteiger partial charge in [-0.2, -0.15) is 0 Å². The fraction of sp³-hybridized carbons (Fsp3) is 0.700. The fourth-order valence-corrected chi connectivity index (χ4v) is 1.65. The van der Waals surface area contributed by atoms with Crippen LogP contribution in [0.15, 0.2) is 0 Å². The number of hydrogen-bond acceptors (Lipinski definition) is 4. The van der Waals surface area contributed by atoms with Crippen molar-refractivity contribution in [1.82, 2.24) is 4.90 Å². The molecule has 0 bridgehead atoms. The van der Waals surface area contributed by atoms with Gasteiger partial charge in [-0.1, -0.05) is 0 Å². The second-order valence-corrected chi connectivity index (χ2v) is 3.60. The monoisotopic (exact) mass is 229 g/mol. The van der Waals surface area contributed by atoms with Crippen molar-refractivity contribution >= 4 is 17.8 Å². The number of carboxylic acid groups (broad SMARTS) is 1. The van der Waals surface area contributed by atoms with Gasteiger partial charge in [0.05, 0.1) is 6.61 Å². The molecule has 1 aliphatic rings. The molecule has 90 valence electrons. The maximum atomic E-state index is 11.6. The minimum atomic E-state index is -1.11. The lowest BCUT2D eigenvalue weighted by Crippen LogP contribution is -2.38. The number of ether oxygens (including phenoxy) is 1. The molecule has 1 unspecified atom stereocenters. The van der Waals surface area contributed by atoms with Crippen LogP contribution < -0.4 is 0 Å². The standard InChI is InChI=1S/C10H15NO5/c1-2-16-9(13)7-6-11(10(14)15)5-3-4-8(7)12/h7H,2-6H2,1H3,(H,14,15). The number of hydrogen-bond donors (Lipinski definition) is 1. The number of likely N-dealkylation sites (tertiary alicyclic amines) is 1. The van der Waals surface area contributed by atoms with E-state index in [-0.39, 0.29) is 31.9 Å². The highest BCUT2D eigenvalue weighted by Crippen LogP contribution is 2.15. The molecule has 1 N–H and O–H groups in total. The lowest BCUT2D eigenvalue weighted by molar-refractivity contribution is -0.151. The first-order valence-electron chi connectivity index (χ1n) is 5.23. The third kappa shape index (κ3) is 2.95. The van der Waals surface area contributed by atoms with Gasteiger partial charge in [-0.05, 0) is 13.3 Å². The molecule has 1 atom stereocenters. The van der Waals surface area contributed by atoms with Gasteiger partial charge in [-0.15, -0.1) is 0 Å². The highest BCUT2D eigenvalue weighted by Gasteiger charge is 2.33. The molecule has 1 amide bonds. The summed E-state index contributed by atoms with van der Waals surface area (Å²) in [5, 5.41) is 8.84. The maximum absolute atomic E-state index is 11.6. The minimum absolute atomic E-state index is 0.0903. The summed E-state index contributed by atoms with van der Waals surface area (Å²) in [4.78, 5) is 34.9. The first kappa shape index (κ1) is 12.5. The molecule has 0 saturated carbocycles. The van der Waals surface area contributed by atoms with Crippen LogP contribution in [-0.4, -0.2) is 47.5 Å². The summed E-state index contributed by atoms with van der Waals surface area (Å²) in [6.45, 7) is 2.04. The summed E-state index contributed by atoms with van der Waals surface area (Å²) in [7, 11) is 0. The van der Waals surface area contributed by atoms with E-state index >= 15 is 0 Å². The van der Waals surface area contributed by atoms with Gasteiger partial charge in [0.1, 0.15) is 11.7 Å². The molecule has 1 rings (SSSR count). The average Bonchev–Trinajstić information content (AvgIpc) is 2.40. The summed E-state index contributed by atoms with van der Waals surface area (Å²) in [6, 6.07) is 0. The SMILES string of the molecule is CCOC(=O)C1CN(C(=O)O)CCCC1=O. The van der Waals surface area contributed by atoms with Crippen LogP contribution in [0.1, 0.15) is 19.8 Å². The summed E-state index contributed by atoms with van der Waals surface area (Å²) in [5.41, 5.74) is 0. The van der Waals surface area contributed by atoms with Crippen molar-refractivity contribution in [3.63, 3.8) is 0 Å². The Kier molecular flexibility index (Phi) is 4.28. The van der Waals surface area contributed by atoms with Crippen LogP contribution in [0.2, 0.25) is 0 Å². The van der Waals surface area contributed by atoms with E-state index in [2.05, 4.69) is 0 Å². The Balaban J connectivity index is 2.74. The van der Waals surface area contributed by atoms with Crippen molar-refractivity contribution in [3.8, 4) is 0 Å². The highest BCUT2D eigenvalue weighted by molar-refractivity contribution is 5.99. The molecular formula is C10H15NO5. The normalized spacial score (nSPS) is 21.4. The Morgan fingerprint density at radius 2 is 2.25 bits per heavy atom. The predicted octanol–water partition coefficient (Wildman–Crippen LogP) is 0.509. The molecule has 16 heavy (non-hydrogen) atoms. The maximum Gasteiger partial charge on any atom is 0.407 e. The van der Waals surface area contributed by atoms with E-state index in [1.807, 2.05) is 0 Å². The number of carbonyl (C=O) groups excluding carboxylic acids is 2. The van der Waals surface area contributed by atoms with Crippen molar-refractivity contribution in [2.75, 3.05) is 19.7 Å². The van der Waals surface area contributed by atoms with E-state index in [0.717, 1.165) is 4.90 Å². The molecule has 0 aliphatic carbocycles. The zero-order chi connectivity index (χ0) is 12.1. The van der Waals surface area contributed by atoms with Gasteiger partial charge in [-0.3, -0.25) is 9.59 Å². The number of amides is 1. The Hall–Kier alpha value is -1.59. The van der Waals surface area contributed by atoms with Gasteiger partial charge in [-0.25, -0.2) is 4.79 Å². The van der Waals surface area contributed by atoms with Crippen LogP contribution in [0, 0.1) is 5.92 Å². The summed E-state index contributed by atoms with van der Waals surface area (Å²) in [5.74, 6) is -1.82. The van der Waals surface area contributed by atoms with Crippen molar-refractivity contribution < 1.29 is 24.2 Å². The Labute approximate surface area is 93.2 Å². The highest BCUT2D eigenvalue weighted by atomic mass is 16.5. The van der Waals surface area contributed by atoms with Crippen molar-refractivity contribution in [1.29, 1.82) is 0 Å². The number of rotatable bonds is 2. The molecule has 1 saturated heterocycles. The fourth-order valence-electron chi connectivity index (χ4n) is 1.65. The smallest absolute Gasteiger partial charge is 0.407 e. The predicted molar refractivity (Wildman–Crippen MR) is 54.0 cm³/mol. The van der Waals surface area contributed by atoms with Gasteiger partial charge in [0.2, 0.25) is 0 Å². The molecule has 0 radical (unpaired) electrons. The number of nitrogens with zero attached hydrogens (tertiary/aromatic N) is 1. The number of esters is 1. The topological polar surface area (TPSA) is 83.9 Å². The second kappa shape index (κ2) is 5.48. The van der Waals surface area contributed by atoms with Crippen LogP contribution in [-0.2, 0) is 14.3 Å². The summed E-state index contributed by atoms with van der Waals surface area (Å²) >= 11 is 0. The van der Waals surface area contributed by atoms with E-state index in [4.69, 9.17) is 9.84 Å². The molecule has 0 aromatic heterocycles. The summed E-state index contributed by atoms with van der Waals surface area (Å²) in [6.07, 6.45) is -0.419. The average molecular weight is 229 g/mol. The van der Waals surface area contributed by atoms with Crippen LogP contribution >= 0.6 is 0 Å². The van der Waals surface area contributed by atoms with Gasteiger partial charge >= 0.3 is 12.1 Å². The molecule has 0 spiro atoms. The molecule has 1 fully saturated rings. The van der Waals surface area contributed by atoms with Crippen LogP contribution in [0.25, 0.3) is 0 Å². The van der Waals surface area contributed by atoms with E-state index in [0.29, 0.717) is 6.42 Å². The van der Waals surface area contributed by atoms with Gasteiger partial charge in [0, 0.05) is 19.5 Å². The molecule has 6 heteroatoms. The van der Waals surface area contributed by atoms with Crippen molar-refractivity contribution in [2.24, 2.45) is 5.92 Å². The molecule has 6 nitrogen and oxygen atoms in total. The van der Waals surface area contributed by atoms with Gasteiger partial charge in [0.25, 0.3) is 0 Å². The molecule has 0 aromatic rings. The largest absolute Gasteiger partial charge is 0.465 e. The number of carbonyl (C=O) groups is 3. The number of Topliss-reactive ketones (excluding diaryl/α,β-unsaturated/α-hetero) is 1. The van der Waals surface area contributed by atoms with Crippen LogP contribution in [0.3, 0.4) is 0 Å². The Bertz CT molecular complexity index is 302. The Morgan fingerprint density at radius 3 is 2.81 bits per heavy atom. The van der Waals surface area contributed by atoms with Crippen LogP contribution in [0.4, 0.5) is 4.79 Å².